The van der Waals surface area contributed by atoms with E-state index in [1.165, 1.54) is 12.8 Å². The van der Waals surface area contributed by atoms with Gasteiger partial charge in [0.2, 0.25) is 0 Å². The first kappa shape index (κ1) is 11.9. The largest absolute Gasteiger partial charge is 0.381 e. The molecule has 0 aromatic rings. The van der Waals surface area contributed by atoms with Crippen LogP contribution in [-0.2, 0) is 9.47 Å². The van der Waals surface area contributed by atoms with E-state index in [0.29, 0.717) is 16.8 Å². The Bertz CT molecular complexity index is 218. The molecule has 2 fully saturated rings. The van der Waals surface area contributed by atoms with E-state index in [1.54, 1.807) is 0 Å². The van der Waals surface area contributed by atoms with Gasteiger partial charge in [0.05, 0.1) is 18.3 Å². The highest BCUT2D eigenvalue weighted by molar-refractivity contribution is 9.09. The second-order valence-corrected chi connectivity index (χ2v) is 6.59. The van der Waals surface area contributed by atoms with Gasteiger partial charge in [-0.05, 0) is 45.4 Å². The van der Waals surface area contributed by atoms with Crippen molar-refractivity contribution >= 4 is 15.9 Å². The highest BCUT2D eigenvalue weighted by atomic mass is 79.9. The molecule has 2 rings (SSSR count). The maximum absolute atomic E-state index is 6.02. The van der Waals surface area contributed by atoms with Crippen LogP contribution in [0, 0.1) is 5.92 Å². The molecule has 2 heterocycles. The van der Waals surface area contributed by atoms with Crippen LogP contribution >= 0.6 is 15.9 Å². The molecule has 0 aromatic heterocycles. The van der Waals surface area contributed by atoms with E-state index >= 15 is 0 Å². The molecule has 15 heavy (non-hydrogen) atoms. The van der Waals surface area contributed by atoms with Gasteiger partial charge in [-0.2, -0.15) is 0 Å². The summed E-state index contributed by atoms with van der Waals surface area (Å²) in [5.41, 5.74) is 0.0992. The van der Waals surface area contributed by atoms with E-state index in [2.05, 4.69) is 29.8 Å². The third kappa shape index (κ3) is 3.18. The van der Waals surface area contributed by atoms with Crippen LogP contribution in [0.4, 0.5) is 0 Å². The van der Waals surface area contributed by atoms with Crippen molar-refractivity contribution in [1.82, 2.24) is 0 Å². The first-order chi connectivity index (χ1) is 7.07. The van der Waals surface area contributed by atoms with Gasteiger partial charge in [-0.1, -0.05) is 15.9 Å². The predicted octanol–water partition coefficient (Wildman–Crippen LogP) is 3.13. The van der Waals surface area contributed by atoms with Crippen molar-refractivity contribution in [3.05, 3.63) is 0 Å². The Morgan fingerprint density at radius 2 is 2.13 bits per heavy atom. The summed E-state index contributed by atoms with van der Waals surface area (Å²) in [7, 11) is 0. The highest BCUT2D eigenvalue weighted by Crippen LogP contribution is 2.35. The van der Waals surface area contributed by atoms with Crippen molar-refractivity contribution in [3.8, 4) is 0 Å². The van der Waals surface area contributed by atoms with Crippen LogP contribution in [0.25, 0.3) is 0 Å². The molecule has 2 aliphatic heterocycles. The van der Waals surface area contributed by atoms with Crippen LogP contribution < -0.4 is 0 Å². The maximum Gasteiger partial charge on any atom is 0.0631 e. The highest BCUT2D eigenvalue weighted by Gasteiger charge is 2.35. The molecule has 0 aromatic carbocycles. The number of halogens is 1. The Kier molecular flexibility index (Phi) is 3.74. The molecule has 88 valence electrons. The fraction of sp³-hybridized carbons (Fsp3) is 1.00. The van der Waals surface area contributed by atoms with Crippen molar-refractivity contribution in [3.63, 3.8) is 0 Å². The summed E-state index contributed by atoms with van der Waals surface area (Å²) in [6.07, 6.45) is 5.15. The molecule has 3 atom stereocenters. The van der Waals surface area contributed by atoms with Crippen LogP contribution in [0.1, 0.15) is 39.5 Å². The lowest BCUT2D eigenvalue weighted by atomic mass is 9.94. The van der Waals surface area contributed by atoms with Crippen LogP contribution in [0.15, 0.2) is 0 Å². The topological polar surface area (TPSA) is 18.5 Å². The van der Waals surface area contributed by atoms with E-state index in [4.69, 9.17) is 9.47 Å². The second kappa shape index (κ2) is 4.72. The Labute approximate surface area is 101 Å². The van der Waals surface area contributed by atoms with E-state index < -0.39 is 0 Å². The Hall–Kier alpha value is 0.400. The van der Waals surface area contributed by atoms with Gasteiger partial charge in [0.25, 0.3) is 0 Å². The lowest BCUT2D eigenvalue weighted by Gasteiger charge is -2.30. The van der Waals surface area contributed by atoms with Gasteiger partial charge in [0.15, 0.2) is 0 Å². The molecule has 3 unspecified atom stereocenters. The normalized spacial score (nSPS) is 40.6. The zero-order valence-electron chi connectivity index (χ0n) is 9.67. The van der Waals surface area contributed by atoms with Crippen molar-refractivity contribution < 1.29 is 9.47 Å². The summed E-state index contributed by atoms with van der Waals surface area (Å²) in [4.78, 5) is 0.624. The Morgan fingerprint density at radius 3 is 2.73 bits per heavy atom. The average Bonchev–Trinajstić information content (AvgIpc) is 2.50. The molecule has 3 heteroatoms. The maximum atomic E-state index is 6.02. The monoisotopic (exact) mass is 276 g/mol. The SMILES string of the molecule is CC1(C)CCC(CC2COCCC2Br)O1. The fourth-order valence-corrected chi connectivity index (χ4v) is 3.12. The van der Waals surface area contributed by atoms with Crippen molar-refractivity contribution in [2.45, 2.75) is 56.1 Å². The smallest absolute Gasteiger partial charge is 0.0631 e. The van der Waals surface area contributed by atoms with Gasteiger partial charge in [0.1, 0.15) is 0 Å². The van der Waals surface area contributed by atoms with Crippen molar-refractivity contribution in [2.24, 2.45) is 5.92 Å². The van der Waals surface area contributed by atoms with Crippen LogP contribution in [0.5, 0.6) is 0 Å². The fourth-order valence-electron chi connectivity index (χ4n) is 2.57. The molecule has 0 N–H and O–H groups in total. The van der Waals surface area contributed by atoms with E-state index in [1.807, 2.05) is 0 Å². The number of ether oxygens (including phenoxy) is 2. The van der Waals surface area contributed by atoms with Gasteiger partial charge >= 0.3 is 0 Å². The van der Waals surface area contributed by atoms with Gasteiger partial charge in [-0.15, -0.1) is 0 Å². The lowest BCUT2D eigenvalue weighted by Crippen LogP contribution is -2.31. The predicted molar refractivity (Wildman–Crippen MR) is 64.4 cm³/mol. The number of hydrogen-bond donors (Lipinski definition) is 0. The Morgan fingerprint density at radius 1 is 1.33 bits per heavy atom. The molecular formula is C12H21BrO2. The molecule has 0 spiro atoms. The van der Waals surface area contributed by atoms with Crippen LogP contribution in [0.3, 0.4) is 0 Å². The number of hydrogen-bond acceptors (Lipinski definition) is 2. The number of alkyl halides is 1. The summed E-state index contributed by atoms with van der Waals surface area (Å²) in [6, 6.07) is 0. The molecule has 2 aliphatic rings. The van der Waals surface area contributed by atoms with E-state index in [9.17, 15) is 0 Å². The average molecular weight is 277 g/mol. The van der Waals surface area contributed by atoms with Crippen LogP contribution in [-0.4, -0.2) is 29.7 Å². The van der Waals surface area contributed by atoms with Crippen molar-refractivity contribution in [1.29, 1.82) is 0 Å². The molecule has 0 aliphatic carbocycles. The summed E-state index contributed by atoms with van der Waals surface area (Å²) in [5, 5.41) is 0. The first-order valence-corrected chi connectivity index (χ1v) is 6.88. The van der Waals surface area contributed by atoms with Gasteiger partial charge in [0, 0.05) is 11.4 Å². The molecule has 0 amide bonds. The lowest BCUT2D eigenvalue weighted by molar-refractivity contribution is -0.0368. The van der Waals surface area contributed by atoms with E-state index in [0.717, 1.165) is 26.1 Å². The zero-order valence-corrected chi connectivity index (χ0v) is 11.3. The zero-order chi connectivity index (χ0) is 10.9. The standard InChI is InChI=1S/C12H21BrO2/c1-12(2)5-3-10(15-12)7-9-8-14-6-4-11(9)13/h9-11H,3-8H2,1-2H3. The molecule has 0 bridgehead atoms. The van der Waals surface area contributed by atoms with Gasteiger partial charge < -0.3 is 9.47 Å². The number of rotatable bonds is 2. The van der Waals surface area contributed by atoms with Gasteiger partial charge in [-0.25, -0.2) is 0 Å². The summed E-state index contributed by atoms with van der Waals surface area (Å²) < 4.78 is 11.6. The molecular weight excluding hydrogens is 256 g/mol. The third-order valence-electron chi connectivity index (χ3n) is 3.50. The minimum atomic E-state index is 0.0992. The molecule has 2 saturated heterocycles. The molecule has 0 radical (unpaired) electrons. The first-order valence-electron chi connectivity index (χ1n) is 5.96. The van der Waals surface area contributed by atoms with Crippen LogP contribution in [0.2, 0.25) is 0 Å². The van der Waals surface area contributed by atoms with Crippen molar-refractivity contribution in [2.75, 3.05) is 13.2 Å². The minimum absolute atomic E-state index is 0.0992. The quantitative estimate of drug-likeness (QED) is 0.722. The Balaban J connectivity index is 1.81. The summed E-state index contributed by atoms with van der Waals surface area (Å²) in [5.74, 6) is 0.637. The summed E-state index contributed by atoms with van der Waals surface area (Å²) in [6.45, 7) is 6.19. The third-order valence-corrected chi connectivity index (χ3v) is 4.71. The second-order valence-electron chi connectivity index (χ2n) is 5.41. The molecule has 2 nitrogen and oxygen atoms in total. The van der Waals surface area contributed by atoms with Gasteiger partial charge in [-0.3, -0.25) is 0 Å². The molecule has 0 saturated carbocycles. The minimum Gasteiger partial charge on any atom is -0.381 e. The summed E-state index contributed by atoms with van der Waals surface area (Å²) >= 11 is 3.75. The van der Waals surface area contributed by atoms with E-state index in [-0.39, 0.29) is 5.60 Å².